The summed E-state index contributed by atoms with van der Waals surface area (Å²) in [6, 6.07) is 7.25. The van der Waals surface area contributed by atoms with Gasteiger partial charge in [-0.1, -0.05) is 6.07 Å². The molecule has 1 fully saturated rings. The van der Waals surface area contributed by atoms with Crippen LogP contribution in [0.3, 0.4) is 0 Å². The molecular weight excluding hydrogens is 236 g/mol. The second kappa shape index (κ2) is 4.78. The summed E-state index contributed by atoms with van der Waals surface area (Å²) < 4.78 is 2.17. The summed E-state index contributed by atoms with van der Waals surface area (Å²) >= 11 is 0. The molecule has 0 spiro atoms. The topological polar surface area (TPSA) is 34.0 Å². The third kappa shape index (κ3) is 2.28. The molecule has 1 aliphatic rings. The number of aryl methyl sites for hydroxylation is 2. The highest BCUT2D eigenvalue weighted by atomic mass is 15.4. The summed E-state index contributed by atoms with van der Waals surface area (Å²) in [4.78, 5) is 6.67. The molecule has 0 saturated carbocycles. The first kappa shape index (κ1) is 12.4. The van der Waals surface area contributed by atoms with E-state index in [0.717, 1.165) is 18.8 Å². The Kier molecular flexibility index (Phi) is 3.11. The van der Waals surface area contributed by atoms with E-state index in [2.05, 4.69) is 52.6 Å². The summed E-state index contributed by atoms with van der Waals surface area (Å²) in [7, 11) is 0. The lowest BCUT2D eigenvalue weighted by molar-refractivity contribution is 0.0583. The molecule has 19 heavy (non-hydrogen) atoms. The zero-order valence-electron chi connectivity index (χ0n) is 11.7. The fraction of sp³-hybridized carbons (Fsp3) is 0.467. The maximum Gasteiger partial charge on any atom is 0.0776 e. The first-order valence-corrected chi connectivity index (χ1v) is 6.82. The predicted octanol–water partition coefficient (Wildman–Crippen LogP) is 2.51. The van der Waals surface area contributed by atoms with Crippen LogP contribution in [0.25, 0.3) is 0 Å². The molecule has 1 unspecified atom stereocenters. The molecule has 100 valence electrons. The van der Waals surface area contributed by atoms with Crippen LogP contribution in [0, 0.1) is 13.8 Å². The number of rotatable bonds is 3. The lowest BCUT2D eigenvalue weighted by atomic mass is 10.0. The average molecular weight is 256 g/mol. The maximum atomic E-state index is 4.58. The second-order valence-corrected chi connectivity index (χ2v) is 5.44. The summed E-state index contributed by atoms with van der Waals surface area (Å²) in [5.74, 6) is 0. The van der Waals surface area contributed by atoms with Crippen molar-refractivity contribution >= 4 is 0 Å². The molecule has 3 heterocycles. The monoisotopic (exact) mass is 256 g/mol. The van der Waals surface area contributed by atoms with Crippen LogP contribution in [0.15, 0.2) is 30.6 Å². The highest BCUT2D eigenvalue weighted by Gasteiger charge is 2.33. The molecule has 0 radical (unpaired) electrons. The van der Waals surface area contributed by atoms with Gasteiger partial charge < -0.3 is 0 Å². The van der Waals surface area contributed by atoms with E-state index >= 15 is 0 Å². The Labute approximate surface area is 114 Å². The number of hydrogen-bond donors (Lipinski definition) is 0. The predicted molar refractivity (Wildman–Crippen MR) is 75.0 cm³/mol. The molecule has 2 aromatic rings. The van der Waals surface area contributed by atoms with Gasteiger partial charge in [0, 0.05) is 37.2 Å². The SMILES string of the molecule is Cc1cc(C)n(C2CN(C(C)c3cccnc3)C2)n1. The van der Waals surface area contributed by atoms with Crippen molar-refractivity contribution in [3.05, 3.63) is 47.5 Å². The third-order valence-electron chi connectivity index (χ3n) is 4.00. The third-order valence-corrected chi connectivity index (χ3v) is 4.00. The van der Waals surface area contributed by atoms with Crippen molar-refractivity contribution in [2.75, 3.05) is 13.1 Å². The second-order valence-electron chi connectivity index (χ2n) is 5.44. The quantitative estimate of drug-likeness (QED) is 0.846. The molecule has 1 saturated heterocycles. The lowest BCUT2D eigenvalue weighted by Crippen LogP contribution is -2.49. The Morgan fingerprint density at radius 3 is 2.68 bits per heavy atom. The smallest absolute Gasteiger partial charge is 0.0776 e. The standard InChI is InChI=1S/C15H20N4/c1-11-7-12(2)19(17-11)15-9-18(10-15)13(3)14-5-4-6-16-8-14/h4-8,13,15H,9-10H2,1-3H3. The highest BCUT2D eigenvalue weighted by molar-refractivity contribution is 5.15. The Hall–Kier alpha value is -1.68. The Bertz CT molecular complexity index is 555. The Morgan fingerprint density at radius 2 is 2.11 bits per heavy atom. The van der Waals surface area contributed by atoms with Crippen LogP contribution in [0.4, 0.5) is 0 Å². The van der Waals surface area contributed by atoms with E-state index in [4.69, 9.17) is 0 Å². The molecule has 0 amide bonds. The molecule has 3 rings (SSSR count). The molecule has 1 atom stereocenters. The van der Waals surface area contributed by atoms with Crippen LogP contribution in [0.5, 0.6) is 0 Å². The van der Waals surface area contributed by atoms with Crippen LogP contribution < -0.4 is 0 Å². The summed E-state index contributed by atoms with van der Waals surface area (Å²) in [6.07, 6.45) is 3.78. The zero-order valence-corrected chi connectivity index (χ0v) is 11.7. The van der Waals surface area contributed by atoms with Crippen molar-refractivity contribution in [1.29, 1.82) is 0 Å². The fourth-order valence-corrected chi connectivity index (χ4v) is 2.81. The molecule has 2 aromatic heterocycles. The van der Waals surface area contributed by atoms with Crippen molar-refractivity contribution < 1.29 is 0 Å². The van der Waals surface area contributed by atoms with E-state index in [-0.39, 0.29) is 0 Å². The van der Waals surface area contributed by atoms with Crippen molar-refractivity contribution in [3.63, 3.8) is 0 Å². The van der Waals surface area contributed by atoms with E-state index in [1.165, 1.54) is 11.3 Å². The van der Waals surface area contributed by atoms with Gasteiger partial charge in [0.05, 0.1) is 11.7 Å². The summed E-state index contributed by atoms with van der Waals surface area (Å²) in [6.45, 7) is 8.57. The van der Waals surface area contributed by atoms with Crippen LogP contribution in [0.1, 0.15) is 36.0 Å². The van der Waals surface area contributed by atoms with Gasteiger partial charge in [-0.05, 0) is 38.5 Å². The minimum absolute atomic E-state index is 0.432. The van der Waals surface area contributed by atoms with E-state index in [1.807, 2.05) is 18.5 Å². The van der Waals surface area contributed by atoms with Gasteiger partial charge in [-0.2, -0.15) is 5.10 Å². The van der Waals surface area contributed by atoms with Gasteiger partial charge in [-0.25, -0.2) is 0 Å². The van der Waals surface area contributed by atoms with E-state index in [9.17, 15) is 0 Å². The molecule has 1 aliphatic heterocycles. The van der Waals surface area contributed by atoms with E-state index < -0.39 is 0 Å². The number of aromatic nitrogens is 3. The van der Waals surface area contributed by atoms with Crippen molar-refractivity contribution in [3.8, 4) is 0 Å². The average Bonchev–Trinajstić information content (AvgIpc) is 2.68. The largest absolute Gasteiger partial charge is 0.292 e. The van der Waals surface area contributed by atoms with Gasteiger partial charge in [0.2, 0.25) is 0 Å². The minimum atomic E-state index is 0.432. The maximum absolute atomic E-state index is 4.58. The summed E-state index contributed by atoms with van der Waals surface area (Å²) in [5, 5.41) is 4.58. The molecule has 0 aliphatic carbocycles. The van der Waals surface area contributed by atoms with Crippen molar-refractivity contribution in [1.82, 2.24) is 19.7 Å². The number of nitrogens with zero attached hydrogens (tertiary/aromatic N) is 4. The summed E-state index contributed by atoms with van der Waals surface area (Å²) in [5.41, 5.74) is 3.65. The lowest BCUT2D eigenvalue weighted by Gasteiger charge is -2.43. The van der Waals surface area contributed by atoms with E-state index in [0.29, 0.717) is 12.1 Å². The normalized spacial score (nSPS) is 18.3. The Balaban J connectivity index is 1.65. The first-order valence-electron chi connectivity index (χ1n) is 6.82. The molecule has 0 N–H and O–H groups in total. The molecule has 0 bridgehead atoms. The van der Waals surface area contributed by atoms with Crippen LogP contribution in [-0.4, -0.2) is 32.8 Å². The first-order chi connectivity index (χ1) is 9.15. The molecule has 0 aromatic carbocycles. The molecule has 4 nitrogen and oxygen atoms in total. The van der Waals surface area contributed by atoms with Crippen molar-refractivity contribution in [2.45, 2.75) is 32.9 Å². The van der Waals surface area contributed by atoms with Gasteiger partial charge in [0.1, 0.15) is 0 Å². The molecular formula is C15H20N4. The van der Waals surface area contributed by atoms with Gasteiger partial charge in [-0.3, -0.25) is 14.6 Å². The number of pyridine rings is 1. The van der Waals surface area contributed by atoms with Crippen LogP contribution in [0.2, 0.25) is 0 Å². The zero-order chi connectivity index (χ0) is 13.4. The Morgan fingerprint density at radius 1 is 1.32 bits per heavy atom. The van der Waals surface area contributed by atoms with Gasteiger partial charge in [0.15, 0.2) is 0 Å². The van der Waals surface area contributed by atoms with Gasteiger partial charge in [-0.15, -0.1) is 0 Å². The number of likely N-dealkylation sites (tertiary alicyclic amines) is 1. The van der Waals surface area contributed by atoms with Gasteiger partial charge >= 0.3 is 0 Å². The van der Waals surface area contributed by atoms with Crippen LogP contribution in [-0.2, 0) is 0 Å². The molecule has 4 heteroatoms. The fourth-order valence-electron chi connectivity index (χ4n) is 2.81. The van der Waals surface area contributed by atoms with Crippen LogP contribution >= 0.6 is 0 Å². The van der Waals surface area contributed by atoms with E-state index in [1.54, 1.807) is 0 Å². The number of hydrogen-bond acceptors (Lipinski definition) is 3. The highest BCUT2D eigenvalue weighted by Crippen LogP contribution is 2.31. The van der Waals surface area contributed by atoms with Gasteiger partial charge in [0.25, 0.3) is 0 Å². The van der Waals surface area contributed by atoms with Crippen molar-refractivity contribution in [2.24, 2.45) is 0 Å². The minimum Gasteiger partial charge on any atom is -0.292 e.